The van der Waals surface area contributed by atoms with Gasteiger partial charge in [-0.3, -0.25) is 14.6 Å². The van der Waals surface area contributed by atoms with Gasteiger partial charge in [0.15, 0.2) is 0 Å². The molecule has 5 nitrogen and oxygen atoms in total. The van der Waals surface area contributed by atoms with Crippen LogP contribution >= 0.6 is 23.4 Å². The number of carbonyl (C=O) groups is 2. The van der Waals surface area contributed by atoms with Crippen LogP contribution in [0.15, 0.2) is 48.7 Å². The minimum absolute atomic E-state index is 0.236. The first-order valence-corrected chi connectivity index (χ1v) is 9.61. The van der Waals surface area contributed by atoms with Crippen LogP contribution in [-0.2, 0) is 11.3 Å². The Morgan fingerprint density at radius 3 is 2.64 bits per heavy atom. The zero-order chi connectivity index (χ0) is 18.1. The highest BCUT2D eigenvalue weighted by Crippen LogP contribution is 2.15. The summed E-state index contributed by atoms with van der Waals surface area (Å²) in [5.74, 6) is 0.162. The van der Waals surface area contributed by atoms with Crippen molar-refractivity contribution in [2.75, 3.05) is 12.0 Å². The number of thioether (sulfide) groups is 1. The van der Waals surface area contributed by atoms with Crippen LogP contribution in [0.2, 0.25) is 5.02 Å². The van der Waals surface area contributed by atoms with E-state index in [0.29, 0.717) is 23.6 Å². The van der Waals surface area contributed by atoms with Crippen molar-refractivity contribution >= 4 is 35.2 Å². The molecule has 1 aromatic heterocycles. The van der Waals surface area contributed by atoms with Gasteiger partial charge in [-0.15, -0.1) is 0 Å². The molecular formula is C18H20ClN3O2S. The van der Waals surface area contributed by atoms with Gasteiger partial charge in [0.05, 0.1) is 22.8 Å². The van der Waals surface area contributed by atoms with Crippen molar-refractivity contribution in [1.29, 1.82) is 0 Å². The quantitative estimate of drug-likeness (QED) is 0.742. The molecule has 2 aromatic rings. The lowest BCUT2D eigenvalue weighted by atomic mass is 10.1. The maximum absolute atomic E-state index is 12.5. The molecule has 0 fully saturated rings. The van der Waals surface area contributed by atoms with E-state index in [1.807, 2.05) is 24.5 Å². The molecule has 1 aromatic carbocycles. The van der Waals surface area contributed by atoms with E-state index < -0.39 is 6.04 Å². The second-order valence-electron chi connectivity index (χ2n) is 5.33. The number of aromatic nitrogens is 1. The summed E-state index contributed by atoms with van der Waals surface area (Å²) in [6.45, 7) is 0.317. The van der Waals surface area contributed by atoms with Gasteiger partial charge in [-0.1, -0.05) is 29.8 Å². The molecule has 132 valence electrons. The lowest BCUT2D eigenvalue weighted by Gasteiger charge is -2.18. The molecule has 0 aliphatic carbocycles. The molecule has 0 aliphatic rings. The number of hydrogen-bond donors (Lipinski definition) is 2. The van der Waals surface area contributed by atoms with Gasteiger partial charge in [0.1, 0.15) is 6.04 Å². The maximum atomic E-state index is 12.5. The third-order valence-corrected chi connectivity index (χ3v) is 4.49. The van der Waals surface area contributed by atoms with E-state index in [0.717, 1.165) is 11.4 Å². The van der Waals surface area contributed by atoms with Crippen molar-refractivity contribution in [3.63, 3.8) is 0 Å². The predicted octanol–water partition coefficient (Wildman–Crippen LogP) is 2.90. The average molecular weight is 378 g/mol. The second kappa shape index (κ2) is 10.1. The number of benzene rings is 1. The molecule has 0 spiro atoms. The number of nitrogens with one attached hydrogen (secondary N) is 2. The van der Waals surface area contributed by atoms with Crippen molar-refractivity contribution in [1.82, 2.24) is 15.6 Å². The van der Waals surface area contributed by atoms with Gasteiger partial charge in [0.2, 0.25) is 5.91 Å². The largest absolute Gasteiger partial charge is 0.349 e. The van der Waals surface area contributed by atoms with Gasteiger partial charge in [0, 0.05) is 6.20 Å². The highest BCUT2D eigenvalue weighted by molar-refractivity contribution is 7.98. The van der Waals surface area contributed by atoms with Crippen LogP contribution in [0.3, 0.4) is 0 Å². The van der Waals surface area contributed by atoms with Crippen LogP contribution in [-0.4, -0.2) is 34.8 Å². The predicted molar refractivity (Wildman–Crippen MR) is 102 cm³/mol. The van der Waals surface area contributed by atoms with Crippen molar-refractivity contribution in [2.24, 2.45) is 0 Å². The highest BCUT2D eigenvalue weighted by Gasteiger charge is 2.22. The normalized spacial score (nSPS) is 11.6. The smallest absolute Gasteiger partial charge is 0.253 e. The Morgan fingerprint density at radius 1 is 1.20 bits per heavy atom. The Kier molecular flexibility index (Phi) is 7.76. The molecule has 0 saturated carbocycles. The SMILES string of the molecule is CSCC[C@H](NC(=O)c1ccccc1Cl)C(=O)NCc1ccccn1. The fraction of sp³-hybridized carbons (Fsp3) is 0.278. The minimum atomic E-state index is -0.625. The molecular weight excluding hydrogens is 358 g/mol. The Balaban J connectivity index is 2.00. The summed E-state index contributed by atoms with van der Waals surface area (Å²) < 4.78 is 0. The summed E-state index contributed by atoms with van der Waals surface area (Å²) in [5.41, 5.74) is 1.12. The lowest BCUT2D eigenvalue weighted by Crippen LogP contribution is -2.47. The number of nitrogens with zero attached hydrogens (tertiary/aromatic N) is 1. The van der Waals surface area contributed by atoms with Crippen molar-refractivity contribution in [3.05, 3.63) is 64.9 Å². The fourth-order valence-electron chi connectivity index (χ4n) is 2.19. The summed E-state index contributed by atoms with van der Waals surface area (Å²) in [5, 5.41) is 5.96. The number of carbonyl (C=O) groups excluding carboxylic acids is 2. The minimum Gasteiger partial charge on any atom is -0.349 e. The first-order valence-electron chi connectivity index (χ1n) is 7.83. The van der Waals surface area contributed by atoms with Gasteiger partial charge in [-0.25, -0.2) is 0 Å². The molecule has 0 aliphatic heterocycles. The molecule has 2 N–H and O–H groups in total. The molecule has 2 rings (SSSR count). The van der Waals surface area contributed by atoms with Crippen LogP contribution in [0.4, 0.5) is 0 Å². The Hall–Kier alpha value is -2.05. The third-order valence-electron chi connectivity index (χ3n) is 3.52. The van der Waals surface area contributed by atoms with E-state index in [2.05, 4.69) is 15.6 Å². The third kappa shape index (κ3) is 6.07. The van der Waals surface area contributed by atoms with E-state index in [1.54, 1.807) is 42.2 Å². The number of hydrogen-bond acceptors (Lipinski definition) is 4. The Bertz CT molecular complexity index is 712. The maximum Gasteiger partial charge on any atom is 0.253 e. The van der Waals surface area contributed by atoms with E-state index in [9.17, 15) is 9.59 Å². The van der Waals surface area contributed by atoms with Gasteiger partial charge < -0.3 is 10.6 Å². The van der Waals surface area contributed by atoms with Crippen LogP contribution in [0.25, 0.3) is 0 Å². The molecule has 1 heterocycles. The summed E-state index contributed by atoms with van der Waals surface area (Å²) in [7, 11) is 0. The van der Waals surface area contributed by atoms with Crippen molar-refractivity contribution < 1.29 is 9.59 Å². The van der Waals surface area contributed by atoms with Crippen LogP contribution in [0.1, 0.15) is 22.5 Å². The van der Waals surface area contributed by atoms with Crippen LogP contribution in [0.5, 0.6) is 0 Å². The zero-order valence-electron chi connectivity index (χ0n) is 13.9. The van der Waals surface area contributed by atoms with E-state index >= 15 is 0 Å². The summed E-state index contributed by atoms with van der Waals surface area (Å²) >= 11 is 7.67. The number of amides is 2. The van der Waals surface area contributed by atoms with Crippen LogP contribution in [0, 0.1) is 0 Å². The average Bonchev–Trinajstić information content (AvgIpc) is 2.64. The molecule has 2 amide bonds. The first-order chi connectivity index (χ1) is 12.1. The fourth-order valence-corrected chi connectivity index (χ4v) is 2.88. The summed E-state index contributed by atoms with van der Waals surface area (Å²) in [4.78, 5) is 29.1. The summed E-state index contributed by atoms with van der Waals surface area (Å²) in [6.07, 6.45) is 4.16. The lowest BCUT2D eigenvalue weighted by molar-refractivity contribution is -0.123. The molecule has 1 atom stereocenters. The molecule has 7 heteroatoms. The van der Waals surface area contributed by atoms with Gasteiger partial charge in [-0.05, 0) is 42.7 Å². The second-order valence-corrected chi connectivity index (χ2v) is 6.72. The van der Waals surface area contributed by atoms with Gasteiger partial charge >= 0.3 is 0 Å². The van der Waals surface area contributed by atoms with E-state index in [4.69, 9.17) is 11.6 Å². The van der Waals surface area contributed by atoms with Crippen LogP contribution < -0.4 is 10.6 Å². The summed E-state index contributed by atoms with van der Waals surface area (Å²) in [6, 6.07) is 11.7. The van der Waals surface area contributed by atoms with Crippen molar-refractivity contribution in [3.8, 4) is 0 Å². The molecule has 0 bridgehead atoms. The van der Waals surface area contributed by atoms with Crippen molar-refractivity contribution in [2.45, 2.75) is 19.0 Å². The number of rotatable bonds is 8. The molecule has 0 radical (unpaired) electrons. The topological polar surface area (TPSA) is 71.1 Å². The van der Waals surface area contributed by atoms with E-state index in [-0.39, 0.29) is 11.8 Å². The van der Waals surface area contributed by atoms with Gasteiger partial charge in [0.25, 0.3) is 5.91 Å². The number of pyridine rings is 1. The first kappa shape index (κ1) is 19.3. The molecule has 0 saturated heterocycles. The molecule has 25 heavy (non-hydrogen) atoms. The monoisotopic (exact) mass is 377 g/mol. The van der Waals surface area contributed by atoms with Gasteiger partial charge in [-0.2, -0.15) is 11.8 Å². The number of halogens is 1. The van der Waals surface area contributed by atoms with E-state index in [1.165, 1.54) is 0 Å². The Morgan fingerprint density at radius 2 is 1.96 bits per heavy atom. The zero-order valence-corrected chi connectivity index (χ0v) is 15.4. The standard InChI is InChI=1S/C18H20ClN3O2S/c1-25-11-9-16(18(24)21-12-13-6-4-5-10-20-13)22-17(23)14-7-2-3-8-15(14)19/h2-8,10,16H,9,11-12H2,1H3,(H,21,24)(H,22,23)/t16-/m0/s1. The Labute approximate surface area is 156 Å². The molecule has 0 unspecified atom stereocenters. The highest BCUT2D eigenvalue weighted by atomic mass is 35.5.